The van der Waals surface area contributed by atoms with Crippen molar-refractivity contribution < 1.29 is 15.3 Å². The lowest BCUT2D eigenvalue weighted by molar-refractivity contribution is 0.123. The van der Waals surface area contributed by atoms with Crippen molar-refractivity contribution in [3.8, 4) is 0 Å². The molecule has 0 rings (SSSR count). The second kappa shape index (κ2) is 3.84. The number of hydrogen-bond acceptors (Lipinski definition) is 2. The van der Waals surface area contributed by atoms with Gasteiger partial charge in [0, 0.05) is 13.0 Å². The van der Waals surface area contributed by atoms with E-state index in [4.69, 9.17) is 6.85 Å². The first-order chi connectivity index (χ1) is 7.90. The lowest BCUT2D eigenvalue weighted by atomic mass is 9.68. The Kier molecular flexibility index (Phi) is 1.99. The summed E-state index contributed by atoms with van der Waals surface area (Å²) in [6.07, 6.45) is -3.28. The quantitative estimate of drug-likeness (QED) is 0.724. The Balaban J connectivity index is 6.14. The van der Waals surface area contributed by atoms with Crippen molar-refractivity contribution in [3.63, 3.8) is 0 Å². The maximum atomic E-state index is 12.0. The predicted molar refractivity (Wildman–Crippen MR) is 62.1 cm³/mol. The van der Waals surface area contributed by atoms with Gasteiger partial charge in [-0.3, -0.25) is 0 Å². The van der Waals surface area contributed by atoms with Gasteiger partial charge in [-0.15, -0.1) is 0 Å². The Labute approximate surface area is 96.0 Å². The molecule has 0 fully saturated rings. The van der Waals surface area contributed by atoms with Crippen LogP contribution in [0.3, 0.4) is 0 Å². The van der Waals surface area contributed by atoms with E-state index >= 15 is 0 Å². The van der Waals surface area contributed by atoms with Gasteiger partial charge in [-0.1, -0.05) is 41.5 Å². The topological polar surface area (TPSA) is 34.1 Å². The summed E-state index contributed by atoms with van der Waals surface area (Å²) in [4.78, 5) is 0. The SMILES string of the molecule is [2H]C(C([2H])(C(C)(C)C)C(C)(C)C)S(=O)(=O)C([2H])([2H])[2H]. The third-order valence-corrected chi connectivity index (χ3v) is 2.44. The Bertz CT molecular complexity index is 411. The van der Waals surface area contributed by atoms with E-state index < -0.39 is 38.5 Å². The molecule has 0 aliphatic heterocycles. The third kappa shape index (κ3) is 4.99. The molecule has 0 saturated carbocycles. The molecule has 3 heteroatoms. The van der Waals surface area contributed by atoms with E-state index in [0.29, 0.717) is 0 Å². The summed E-state index contributed by atoms with van der Waals surface area (Å²) < 4.78 is 61.8. The van der Waals surface area contributed by atoms with Gasteiger partial charge in [0.15, 0.2) is 0 Å². The van der Waals surface area contributed by atoms with Crippen molar-refractivity contribution in [2.45, 2.75) is 41.5 Å². The summed E-state index contributed by atoms with van der Waals surface area (Å²) in [5.41, 5.74) is -3.76. The first kappa shape index (κ1) is 7.26. The molecule has 0 aliphatic rings. The molecular formula is C11H24O2S. The van der Waals surface area contributed by atoms with Crippen LogP contribution in [0.4, 0.5) is 0 Å². The summed E-state index contributed by atoms with van der Waals surface area (Å²) in [5.74, 6) is -1.76. The zero-order valence-electron chi connectivity index (χ0n) is 14.8. The van der Waals surface area contributed by atoms with E-state index in [0.717, 1.165) is 0 Å². The third-order valence-electron chi connectivity index (χ3n) is 1.89. The van der Waals surface area contributed by atoms with Crippen molar-refractivity contribution in [1.29, 1.82) is 0 Å². The number of hydrogen-bond donors (Lipinski definition) is 0. The van der Waals surface area contributed by atoms with Crippen molar-refractivity contribution >= 4 is 9.84 Å². The number of sulfone groups is 1. The van der Waals surface area contributed by atoms with E-state index in [2.05, 4.69) is 0 Å². The summed E-state index contributed by atoms with van der Waals surface area (Å²) in [6, 6.07) is 0. The lowest BCUT2D eigenvalue weighted by Gasteiger charge is -2.40. The van der Waals surface area contributed by atoms with Crippen LogP contribution in [0.5, 0.6) is 0 Å². The fourth-order valence-electron chi connectivity index (χ4n) is 1.63. The molecule has 14 heavy (non-hydrogen) atoms. The summed E-state index contributed by atoms with van der Waals surface area (Å²) in [6.45, 7) is 9.93. The monoisotopic (exact) mass is 225 g/mol. The van der Waals surface area contributed by atoms with E-state index in [1.165, 1.54) is 0 Å². The minimum Gasteiger partial charge on any atom is -0.229 e. The highest BCUT2D eigenvalue weighted by molar-refractivity contribution is 7.90. The van der Waals surface area contributed by atoms with Gasteiger partial charge in [0.05, 0.1) is 5.73 Å². The van der Waals surface area contributed by atoms with Crippen LogP contribution < -0.4 is 0 Å². The Hall–Kier alpha value is -0.0500. The molecule has 0 N–H and O–H groups in total. The van der Waals surface area contributed by atoms with Gasteiger partial charge in [0.2, 0.25) is 0 Å². The fraction of sp³-hybridized carbons (Fsp3) is 1.00. The summed E-state index contributed by atoms with van der Waals surface area (Å²) >= 11 is 0. The molecule has 0 aromatic rings. The van der Waals surface area contributed by atoms with E-state index in [1.807, 2.05) is 0 Å². The molecule has 0 heterocycles. The summed E-state index contributed by atoms with van der Waals surface area (Å²) in [5, 5.41) is 0. The van der Waals surface area contributed by atoms with E-state index in [1.54, 1.807) is 41.5 Å². The van der Waals surface area contributed by atoms with Gasteiger partial charge in [-0.2, -0.15) is 0 Å². The van der Waals surface area contributed by atoms with Crippen LogP contribution in [-0.4, -0.2) is 20.3 Å². The maximum absolute atomic E-state index is 12.0. The van der Waals surface area contributed by atoms with Crippen molar-refractivity contribution in [3.05, 3.63) is 0 Å². The highest BCUT2D eigenvalue weighted by Crippen LogP contribution is 2.40. The molecule has 1 atom stereocenters. The summed E-state index contributed by atoms with van der Waals surface area (Å²) in [7, 11) is -4.72. The Morgan fingerprint density at radius 2 is 1.57 bits per heavy atom. The molecule has 0 aromatic heterocycles. The van der Waals surface area contributed by atoms with Gasteiger partial charge in [-0.05, 0) is 16.7 Å². The molecule has 0 amide bonds. The second-order valence-corrected chi connectivity index (χ2v) is 6.90. The van der Waals surface area contributed by atoms with E-state index in [9.17, 15) is 8.42 Å². The molecule has 0 bridgehead atoms. The van der Waals surface area contributed by atoms with Crippen LogP contribution in [-0.2, 0) is 9.84 Å². The van der Waals surface area contributed by atoms with Crippen LogP contribution in [0, 0.1) is 16.7 Å². The first-order valence-electron chi connectivity index (χ1n) is 7.14. The predicted octanol–water partition coefficient (Wildman–Crippen LogP) is 2.74. The molecule has 86 valence electrons. The molecule has 1 unspecified atom stereocenters. The minimum absolute atomic E-state index is 0.865. The zero-order valence-corrected chi connectivity index (χ0v) is 10.6. The Morgan fingerprint density at radius 3 is 1.79 bits per heavy atom. The Morgan fingerprint density at radius 1 is 1.21 bits per heavy atom. The standard InChI is InChI=1S/C11H24O2S/c1-10(2,3)9(11(4,5)6)8-14(7,12)13/h9H,8H2,1-7H3/i7D3,8D,9D. The highest BCUT2D eigenvalue weighted by Gasteiger charge is 2.36. The normalized spacial score (nSPS) is 24.0. The van der Waals surface area contributed by atoms with Crippen LogP contribution in [0.1, 0.15) is 48.4 Å². The second-order valence-electron chi connectivity index (χ2n) is 5.58. The van der Waals surface area contributed by atoms with Crippen LogP contribution in [0.15, 0.2) is 0 Å². The van der Waals surface area contributed by atoms with Gasteiger partial charge in [-0.25, -0.2) is 8.42 Å². The van der Waals surface area contributed by atoms with Gasteiger partial charge in [0.1, 0.15) is 9.84 Å². The maximum Gasteiger partial charge on any atom is 0.147 e. The molecule has 0 aromatic carbocycles. The number of rotatable bonds is 2. The minimum atomic E-state index is -4.72. The smallest absolute Gasteiger partial charge is 0.147 e. The molecular weight excluding hydrogens is 196 g/mol. The van der Waals surface area contributed by atoms with Crippen LogP contribution >= 0.6 is 0 Å². The highest BCUT2D eigenvalue weighted by atomic mass is 32.2. The van der Waals surface area contributed by atoms with Crippen molar-refractivity contribution in [1.82, 2.24) is 0 Å². The van der Waals surface area contributed by atoms with Crippen LogP contribution in [0.25, 0.3) is 0 Å². The average molecular weight is 225 g/mol. The van der Waals surface area contributed by atoms with E-state index in [-0.39, 0.29) is 0 Å². The van der Waals surface area contributed by atoms with Crippen molar-refractivity contribution in [2.75, 3.05) is 11.9 Å². The van der Waals surface area contributed by atoms with Crippen LogP contribution in [0.2, 0.25) is 0 Å². The lowest BCUT2D eigenvalue weighted by Crippen LogP contribution is -2.37. The molecule has 0 saturated heterocycles. The van der Waals surface area contributed by atoms with Gasteiger partial charge < -0.3 is 0 Å². The molecule has 0 radical (unpaired) electrons. The van der Waals surface area contributed by atoms with Gasteiger partial charge in [0.25, 0.3) is 0 Å². The average Bonchev–Trinajstić information content (AvgIpc) is 2.09. The molecule has 0 spiro atoms. The van der Waals surface area contributed by atoms with Crippen molar-refractivity contribution in [2.24, 2.45) is 16.7 Å². The zero-order chi connectivity index (χ0) is 16.1. The fourth-order valence-corrected chi connectivity index (χ4v) is 2.65. The molecule has 0 aliphatic carbocycles. The largest absolute Gasteiger partial charge is 0.229 e. The first-order valence-corrected chi connectivity index (χ1v) is 6.11. The van der Waals surface area contributed by atoms with Gasteiger partial charge >= 0.3 is 0 Å². The molecule has 2 nitrogen and oxygen atoms in total.